The number of fused-ring (bicyclic) bond motifs is 3. The zero-order chi connectivity index (χ0) is 18.8. The fraction of sp³-hybridized carbons (Fsp3) is 0.381. The Morgan fingerprint density at radius 1 is 1.26 bits per heavy atom. The van der Waals surface area contributed by atoms with E-state index < -0.39 is 0 Å². The first-order chi connectivity index (χ1) is 13.1. The number of thiophene rings is 1. The summed E-state index contributed by atoms with van der Waals surface area (Å²) in [5.41, 5.74) is 2.25. The van der Waals surface area contributed by atoms with Crippen molar-refractivity contribution >= 4 is 27.5 Å². The first kappa shape index (κ1) is 17.9. The molecule has 0 saturated carbocycles. The molecule has 0 aliphatic heterocycles. The molecule has 0 spiro atoms. The molecule has 140 valence electrons. The first-order valence-electron chi connectivity index (χ1n) is 9.45. The minimum atomic E-state index is -0.162. The fourth-order valence-corrected chi connectivity index (χ4v) is 4.89. The minimum Gasteiger partial charge on any atom is -0.354 e. The van der Waals surface area contributed by atoms with Crippen molar-refractivity contribution in [2.24, 2.45) is 0 Å². The van der Waals surface area contributed by atoms with Crippen LogP contribution in [-0.2, 0) is 24.2 Å². The molecule has 1 N–H and O–H groups in total. The molecule has 1 unspecified atom stereocenters. The average molecular weight is 382 g/mol. The predicted octanol–water partition coefficient (Wildman–Crippen LogP) is 3.26. The van der Waals surface area contributed by atoms with Gasteiger partial charge in [-0.05, 0) is 42.7 Å². The van der Waals surface area contributed by atoms with Gasteiger partial charge >= 0.3 is 0 Å². The van der Waals surface area contributed by atoms with Crippen molar-refractivity contribution in [1.82, 2.24) is 14.9 Å². The van der Waals surface area contributed by atoms with E-state index in [1.807, 2.05) is 18.2 Å². The Kier molecular flexibility index (Phi) is 5.07. The van der Waals surface area contributed by atoms with Gasteiger partial charge in [0, 0.05) is 11.4 Å². The van der Waals surface area contributed by atoms with Crippen molar-refractivity contribution in [1.29, 1.82) is 0 Å². The molecular weight excluding hydrogens is 358 g/mol. The number of aromatic nitrogens is 2. The monoisotopic (exact) mass is 381 g/mol. The van der Waals surface area contributed by atoms with Gasteiger partial charge in [0.15, 0.2) is 0 Å². The molecule has 2 heterocycles. The lowest BCUT2D eigenvalue weighted by atomic mass is 9.97. The maximum atomic E-state index is 12.9. The molecule has 0 fully saturated rings. The Hall–Kier alpha value is -2.47. The number of carbonyl (C=O) groups excluding carboxylic acids is 1. The Labute approximate surface area is 162 Å². The van der Waals surface area contributed by atoms with Crippen LogP contribution < -0.4 is 10.9 Å². The Balaban J connectivity index is 1.47. The van der Waals surface area contributed by atoms with E-state index in [4.69, 9.17) is 0 Å². The number of benzene rings is 1. The summed E-state index contributed by atoms with van der Waals surface area (Å²) in [5, 5.41) is 3.66. The van der Waals surface area contributed by atoms with Crippen LogP contribution in [0.3, 0.4) is 0 Å². The number of nitrogens with one attached hydrogen (secondary N) is 1. The van der Waals surface area contributed by atoms with Crippen molar-refractivity contribution in [3.8, 4) is 0 Å². The molecule has 1 aromatic carbocycles. The first-order valence-corrected chi connectivity index (χ1v) is 10.3. The highest BCUT2D eigenvalue weighted by Crippen LogP contribution is 2.33. The van der Waals surface area contributed by atoms with E-state index in [0.29, 0.717) is 6.54 Å². The summed E-state index contributed by atoms with van der Waals surface area (Å²) in [6, 6.07) is 10.1. The Bertz CT molecular complexity index is 1020. The molecule has 1 amide bonds. The standard InChI is InChI=1S/C21H23N3O2S/c1-14(15-7-3-2-4-8-15)11-22-18(25)12-24-13-23-20-19(21(24)26)16-9-5-6-10-17(16)27-20/h2-4,7-8,13-14H,5-6,9-12H2,1H3,(H,22,25). The van der Waals surface area contributed by atoms with Crippen LogP contribution in [0.4, 0.5) is 0 Å². The summed E-state index contributed by atoms with van der Waals surface area (Å²) in [5.74, 6) is 0.0569. The molecule has 27 heavy (non-hydrogen) atoms. The lowest BCUT2D eigenvalue weighted by Gasteiger charge is -2.13. The van der Waals surface area contributed by atoms with Gasteiger partial charge in [-0.15, -0.1) is 11.3 Å². The molecule has 1 aliphatic carbocycles. The highest BCUT2D eigenvalue weighted by Gasteiger charge is 2.20. The summed E-state index contributed by atoms with van der Waals surface area (Å²) < 4.78 is 1.44. The average Bonchev–Trinajstić information content (AvgIpc) is 3.08. The largest absolute Gasteiger partial charge is 0.354 e. The number of hydrogen-bond acceptors (Lipinski definition) is 4. The van der Waals surface area contributed by atoms with Crippen LogP contribution in [0.15, 0.2) is 41.5 Å². The summed E-state index contributed by atoms with van der Waals surface area (Å²) in [7, 11) is 0. The van der Waals surface area contributed by atoms with Gasteiger partial charge in [-0.2, -0.15) is 0 Å². The van der Waals surface area contributed by atoms with Gasteiger partial charge in [0.25, 0.3) is 5.56 Å². The van der Waals surface area contributed by atoms with Gasteiger partial charge in [-0.25, -0.2) is 4.98 Å². The van der Waals surface area contributed by atoms with Crippen molar-refractivity contribution in [3.63, 3.8) is 0 Å². The topological polar surface area (TPSA) is 64.0 Å². The number of carbonyl (C=O) groups is 1. The lowest BCUT2D eigenvalue weighted by Crippen LogP contribution is -2.34. The molecule has 1 aliphatic rings. The summed E-state index contributed by atoms with van der Waals surface area (Å²) >= 11 is 1.63. The highest BCUT2D eigenvalue weighted by atomic mass is 32.1. The van der Waals surface area contributed by atoms with Crippen molar-refractivity contribution in [2.75, 3.05) is 6.54 Å². The smallest absolute Gasteiger partial charge is 0.262 e. The number of rotatable bonds is 5. The maximum Gasteiger partial charge on any atom is 0.262 e. The van der Waals surface area contributed by atoms with Gasteiger partial charge in [0.2, 0.25) is 5.91 Å². The van der Waals surface area contributed by atoms with Gasteiger partial charge in [-0.3, -0.25) is 14.2 Å². The summed E-state index contributed by atoms with van der Waals surface area (Å²) in [6.45, 7) is 2.63. The van der Waals surface area contributed by atoms with Gasteiger partial charge in [0.05, 0.1) is 11.7 Å². The van der Waals surface area contributed by atoms with E-state index in [0.717, 1.165) is 35.0 Å². The molecule has 2 aromatic heterocycles. The molecule has 0 saturated heterocycles. The normalized spacial score (nSPS) is 14.7. The molecule has 5 nitrogen and oxygen atoms in total. The van der Waals surface area contributed by atoms with Crippen molar-refractivity contribution in [2.45, 2.75) is 45.1 Å². The third kappa shape index (κ3) is 3.67. The molecule has 0 bridgehead atoms. The van der Waals surface area contributed by atoms with E-state index in [2.05, 4.69) is 29.4 Å². The molecule has 0 radical (unpaired) electrons. The van der Waals surface area contributed by atoms with Crippen LogP contribution in [0.1, 0.15) is 41.7 Å². The lowest BCUT2D eigenvalue weighted by molar-refractivity contribution is -0.121. The molecule has 4 rings (SSSR count). The van der Waals surface area contributed by atoms with Crippen LogP contribution in [0.25, 0.3) is 10.2 Å². The van der Waals surface area contributed by atoms with E-state index in [1.165, 1.54) is 27.8 Å². The third-order valence-corrected chi connectivity index (χ3v) is 6.43. The maximum absolute atomic E-state index is 12.9. The molecule has 1 atom stereocenters. The highest BCUT2D eigenvalue weighted by molar-refractivity contribution is 7.18. The summed E-state index contributed by atoms with van der Waals surface area (Å²) in [4.78, 5) is 31.8. The van der Waals surface area contributed by atoms with Gasteiger partial charge < -0.3 is 5.32 Å². The minimum absolute atomic E-state index is 0.00784. The number of amides is 1. The van der Waals surface area contributed by atoms with Crippen LogP contribution in [0, 0.1) is 0 Å². The second kappa shape index (κ2) is 7.64. The van der Waals surface area contributed by atoms with Crippen molar-refractivity contribution < 1.29 is 4.79 Å². The second-order valence-corrected chi connectivity index (χ2v) is 8.27. The van der Waals surface area contributed by atoms with E-state index in [9.17, 15) is 9.59 Å². The van der Waals surface area contributed by atoms with Gasteiger partial charge in [0.1, 0.15) is 11.4 Å². The number of nitrogens with zero attached hydrogens (tertiary/aromatic N) is 2. The number of hydrogen-bond donors (Lipinski definition) is 1. The third-order valence-electron chi connectivity index (χ3n) is 5.23. The zero-order valence-electron chi connectivity index (χ0n) is 15.4. The van der Waals surface area contributed by atoms with Crippen LogP contribution in [0.2, 0.25) is 0 Å². The van der Waals surface area contributed by atoms with E-state index in [-0.39, 0.29) is 23.9 Å². The van der Waals surface area contributed by atoms with Crippen LogP contribution in [0.5, 0.6) is 0 Å². The quantitative estimate of drug-likeness (QED) is 0.738. The van der Waals surface area contributed by atoms with Crippen LogP contribution in [-0.4, -0.2) is 22.0 Å². The molecule has 3 aromatic rings. The fourth-order valence-electron chi connectivity index (χ4n) is 3.67. The van der Waals surface area contributed by atoms with E-state index in [1.54, 1.807) is 11.3 Å². The second-order valence-electron chi connectivity index (χ2n) is 7.18. The zero-order valence-corrected chi connectivity index (χ0v) is 16.2. The number of aryl methyl sites for hydroxylation is 2. The molecular formula is C21H23N3O2S. The van der Waals surface area contributed by atoms with Gasteiger partial charge in [-0.1, -0.05) is 37.3 Å². The molecule has 6 heteroatoms. The Morgan fingerprint density at radius 2 is 2.04 bits per heavy atom. The van der Waals surface area contributed by atoms with Crippen LogP contribution >= 0.6 is 11.3 Å². The summed E-state index contributed by atoms with van der Waals surface area (Å²) in [6.07, 6.45) is 5.78. The van der Waals surface area contributed by atoms with Crippen molar-refractivity contribution in [3.05, 3.63) is 63.0 Å². The Morgan fingerprint density at radius 3 is 2.85 bits per heavy atom. The SMILES string of the molecule is CC(CNC(=O)Cn1cnc2sc3c(c2c1=O)CCCC3)c1ccccc1. The van der Waals surface area contributed by atoms with E-state index >= 15 is 0 Å². The predicted molar refractivity (Wildman–Crippen MR) is 108 cm³/mol.